The molecule has 0 saturated heterocycles. The molecule has 0 saturated carbocycles. The Kier molecular flexibility index (Phi) is 4.44. The zero-order chi connectivity index (χ0) is 12.2. The minimum Gasteiger partial charge on any atom is -0.390 e. The highest BCUT2D eigenvalue weighted by Gasteiger charge is 2.14. The molecular weight excluding hydrogens is 207 g/mol. The fourth-order valence-electron chi connectivity index (χ4n) is 1.34. The summed E-state index contributed by atoms with van der Waals surface area (Å²) < 4.78 is 18.3. The summed E-state index contributed by atoms with van der Waals surface area (Å²) in [4.78, 5) is 0. The molecule has 0 spiro atoms. The molecule has 1 unspecified atom stereocenters. The van der Waals surface area contributed by atoms with Crippen molar-refractivity contribution in [3.05, 3.63) is 35.6 Å². The summed E-state index contributed by atoms with van der Waals surface area (Å²) in [6.45, 7) is 6.06. The van der Waals surface area contributed by atoms with Gasteiger partial charge in [-0.05, 0) is 38.5 Å². The summed E-state index contributed by atoms with van der Waals surface area (Å²) in [6.07, 6.45) is -0.186. The number of hydrogen-bond donors (Lipinski definition) is 1. The van der Waals surface area contributed by atoms with E-state index in [1.165, 1.54) is 12.1 Å². The number of rotatable bonds is 4. The lowest BCUT2D eigenvalue weighted by molar-refractivity contribution is -0.0482. The van der Waals surface area contributed by atoms with Crippen LogP contribution in [0.5, 0.6) is 0 Å². The number of aliphatic hydroxyl groups excluding tert-OH is 1. The molecule has 0 aromatic heterocycles. The van der Waals surface area contributed by atoms with Gasteiger partial charge >= 0.3 is 0 Å². The van der Waals surface area contributed by atoms with Gasteiger partial charge in [-0.1, -0.05) is 12.1 Å². The van der Waals surface area contributed by atoms with Crippen LogP contribution in [0.1, 0.15) is 26.3 Å². The molecule has 1 aromatic carbocycles. The first-order chi connectivity index (χ1) is 7.37. The van der Waals surface area contributed by atoms with Crippen molar-refractivity contribution < 1.29 is 14.2 Å². The van der Waals surface area contributed by atoms with Crippen LogP contribution in [0.4, 0.5) is 4.39 Å². The van der Waals surface area contributed by atoms with E-state index in [9.17, 15) is 9.50 Å². The predicted molar refractivity (Wildman–Crippen MR) is 61.8 cm³/mol. The quantitative estimate of drug-likeness (QED) is 0.855. The molecule has 0 heterocycles. The van der Waals surface area contributed by atoms with Crippen LogP contribution in [-0.2, 0) is 11.2 Å². The minimum atomic E-state index is -0.596. The van der Waals surface area contributed by atoms with E-state index in [0.717, 1.165) is 5.56 Å². The summed E-state index contributed by atoms with van der Waals surface area (Å²) in [6, 6.07) is 6.26. The summed E-state index contributed by atoms with van der Waals surface area (Å²) in [5.74, 6) is -0.276. The monoisotopic (exact) mass is 226 g/mol. The Morgan fingerprint density at radius 1 is 1.38 bits per heavy atom. The van der Waals surface area contributed by atoms with Gasteiger partial charge in [0.15, 0.2) is 0 Å². The van der Waals surface area contributed by atoms with Crippen molar-refractivity contribution >= 4 is 0 Å². The van der Waals surface area contributed by atoms with E-state index < -0.39 is 6.10 Å². The molecule has 90 valence electrons. The summed E-state index contributed by atoms with van der Waals surface area (Å²) >= 11 is 0. The molecule has 16 heavy (non-hydrogen) atoms. The molecule has 0 amide bonds. The molecule has 3 heteroatoms. The Labute approximate surface area is 96.1 Å². The second-order valence-electron chi connectivity index (χ2n) is 4.91. The maximum atomic E-state index is 12.9. The van der Waals surface area contributed by atoms with Gasteiger partial charge in [-0.25, -0.2) is 4.39 Å². The van der Waals surface area contributed by atoms with Gasteiger partial charge < -0.3 is 9.84 Å². The SMILES string of the molecule is CC(C)(C)OCC(O)Cc1cccc(F)c1. The van der Waals surface area contributed by atoms with Gasteiger partial charge in [0.1, 0.15) is 5.82 Å². The zero-order valence-electron chi connectivity index (χ0n) is 10.0. The first-order valence-corrected chi connectivity index (χ1v) is 5.43. The summed E-state index contributed by atoms with van der Waals surface area (Å²) in [5, 5.41) is 9.71. The van der Waals surface area contributed by atoms with Crippen molar-refractivity contribution in [2.45, 2.75) is 38.9 Å². The van der Waals surface area contributed by atoms with Gasteiger partial charge in [0.05, 0.1) is 18.3 Å². The Bertz CT molecular complexity index is 331. The van der Waals surface area contributed by atoms with Crippen LogP contribution in [-0.4, -0.2) is 23.4 Å². The fraction of sp³-hybridized carbons (Fsp3) is 0.538. The van der Waals surface area contributed by atoms with E-state index in [-0.39, 0.29) is 18.0 Å². The lowest BCUT2D eigenvalue weighted by Crippen LogP contribution is -2.27. The van der Waals surface area contributed by atoms with Gasteiger partial charge in [0, 0.05) is 6.42 Å². The van der Waals surface area contributed by atoms with Crippen LogP contribution < -0.4 is 0 Å². The van der Waals surface area contributed by atoms with Crippen LogP contribution >= 0.6 is 0 Å². The van der Waals surface area contributed by atoms with Crippen molar-refractivity contribution in [1.29, 1.82) is 0 Å². The molecule has 0 bridgehead atoms. The van der Waals surface area contributed by atoms with E-state index in [2.05, 4.69) is 0 Å². The summed E-state index contributed by atoms with van der Waals surface area (Å²) in [5.41, 5.74) is 0.521. The molecule has 0 aliphatic rings. The van der Waals surface area contributed by atoms with Crippen LogP contribution in [0.15, 0.2) is 24.3 Å². The van der Waals surface area contributed by atoms with Gasteiger partial charge in [-0.2, -0.15) is 0 Å². The third kappa shape index (κ3) is 5.24. The lowest BCUT2D eigenvalue weighted by Gasteiger charge is -2.22. The van der Waals surface area contributed by atoms with E-state index in [0.29, 0.717) is 6.42 Å². The molecule has 1 aromatic rings. The maximum Gasteiger partial charge on any atom is 0.123 e. The number of aliphatic hydroxyl groups is 1. The minimum absolute atomic E-state index is 0.261. The van der Waals surface area contributed by atoms with Crippen molar-refractivity contribution in [2.75, 3.05) is 6.61 Å². The highest BCUT2D eigenvalue weighted by Crippen LogP contribution is 2.10. The van der Waals surface area contributed by atoms with Crippen LogP contribution in [0.3, 0.4) is 0 Å². The van der Waals surface area contributed by atoms with Crippen molar-refractivity contribution in [1.82, 2.24) is 0 Å². The Morgan fingerprint density at radius 2 is 2.06 bits per heavy atom. The molecule has 1 N–H and O–H groups in total. The van der Waals surface area contributed by atoms with Crippen molar-refractivity contribution in [2.24, 2.45) is 0 Å². The van der Waals surface area contributed by atoms with Crippen LogP contribution in [0.25, 0.3) is 0 Å². The molecule has 0 fully saturated rings. The largest absolute Gasteiger partial charge is 0.390 e. The third-order valence-electron chi connectivity index (χ3n) is 2.07. The fourth-order valence-corrected chi connectivity index (χ4v) is 1.34. The van der Waals surface area contributed by atoms with Gasteiger partial charge in [-0.3, -0.25) is 0 Å². The number of ether oxygens (including phenoxy) is 1. The number of halogens is 1. The van der Waals surface area contributed by atoms with E-state index >= 15 is 0 Å². The third-order valence-corrected chi connectivity index (χ3v) is 2.07. The zero-order valence-corrected chi connectivity index (χ0v) is 10.0. The Balaban J connectivity index is 2.43. The molecule has 1 rings (SSSR count). The molecule has 0 aliphatic heterocycles. The highest BCUT2D eigenvalue weighted by atomic mass is 19.1. The van der Waals surface area contributed by atoms with Crippen LogP contribution in [0.2, 0.25) is 0 Å². The average molecular weight is 226 g/mol. The molecule has 1 atom stereocenters. The Morgan fingerprint density at radius 3 is 2.62 bits per heavy atom. The Hall–Kier alpha value is -0.930. The number of hydrogen-bond acceptors (Lipinski definition) is 2. The lowest BCUT2D eigenvalue weighted by atomic mass is 10.1. The smallest absolute Gasteiger partial charge is 0.123 e. The maximum absolute atomic E-state index is 12.9. The van der Waals surface area contributed by atoms with Gasteiger partial charge in [0.2, 0.25) is 0 Å². The molecule has 0 radical (unpaired) electrons. The first-order valence-electron chi connectivity index (χ1n) is 5.43. The van der Waals surface area contributed by atoms with E-state index in [4.69, 9.17) is 4.74 Å². The standard InChI is InChI=1S/C13H19FO2/c1-13(2,3)16-9-12(15)8-10-5-4-6-11(14)7-10/h4-7,12,15H,8-9H2,1-3H3. The van der Waals surface area contributed by atoms with E-state index in [1.54, 1.807) is 12.1 Å². The molecule has 2 nitrogen and oxygen atoms in total. The van der Waals surface area contributed by atoms with Crippen molar-refractivity contribution in [3.8, 4) is 0 Å². The van der Waals surface area contributed by atoms with E-state index in [1.807, 2.05) is 20.8 Å². The van der Waals surface area contributed by atoms with Gasteiger partial charge in [-0.15, -0.1) is 0 Å². The second-order valence-corrected chi connectivity index (χ2v) is 4.91. The first kappa shape index (κ1) is 13.1. The van der Waals surface area contributed by atoms with Crippen LogP contribution in [0, 0.1) is 5.82 Å². The molecular formula is C13H19FO2. The van der Waals surface area contributed by atoms with Crippen molar-refractivity contribution in [3.63, 3.8) is 0 Å². The highest BCUT2D eigenvalue weighted by molar-refractivity contribution is 5.17. The summed E-state index contributed by atoms with van der Waals surface area (Å²) in [7, 11) is 0. The normalized spacial score (nSPS) is 13.8. The number of benzene rings is 1. The topological polar surface area (TPSA) is 29.5 Å². The second kappa shape index (κ2) is 5.41. The predicted octanol–water partition coefficient (Wildman–Crippen LogP) is 2.54. The molecule has 0 aliphatic carbocycles. The average Bonchev–Trinajstić information content (AvgIpc) is 2.14. The van der Waals surface area contributed by atoms with Gasteiger partial charge in [0.25, 0.3) is 0 Å².